The Kier molecular flexibility index (Phi) is 5.81. The summed E-state index contributed by atoms with van der Waals surface area (Å²) in [6.07, 6.45) is -1.25. The molecule has 0 unspecified atom stereocenters. The van der Waals surface area contributed by atoms with Crippen molar-refractivity contribution < 1.29 is 27.8 Å². The van der Waals surface area contributed by atoms with E-state index in [9.17, 15) is 18.0 Å². The fraction of sp³-hybridized carbons (Fsp3) is 0.600. The molecule has 1 heterocycles. The van der Waals surface area contributed by atoms with E-state index >= 15 is 0 Å². The molecule has 0 bridgehead atoms. The van der Waals surface area contributed by atoms with Crippen molar-refractivity contribution in [3.63, 3.8) is 0 Å². The number of ether oxygens (including phenoxy) is 1. The van der Waals surface area contributed by atoms with E-state index in [0.717, 1.165) is 25.7 Å². The first-order chi connectivity index (χ1) is 10.9. The highest BCUT2D eigenvalue weighted by atomic mass is 19.4. The number of nitrogens with zero attached hydrogens (tertiary/aromatic N) is 1. The number of pyridine rings is 1. The minimum Gasteiger partial charge on any atom is -0.468 e. The molecule has 2 rings (SSSR count). The molecule has 1 amide bonds. The summed E-state index contributed by atoms with van der Waals surface area (Å²) in [5.74, 6) is -0.394. The lowest BCUT2D eigenvalue weighted by Gasteiger charge is -2.27. The molecule has 0 aliphatic heterocycles. The van der Waals surface area contributed by atoms with E-state index < -0.39 is 18.7 Å². The van der Waals surface area contributed by atoms with Crippen LogP contribution in [0.15, 0.2) is 18.2 Å². The molecule has 1 aromatic rings. The van der Waals surface area contributed by atoms with Gasteiger partial charge in [-0.3, -0.25) is 4.79 Å². The molecule has 1 aromatic heterocycles. The molecule has 1 saturated carbocycles. The highest BCUT2D eigenvalue weighted by molar-refractivity contribution is 5.92. The van der Waals surface area contributed by atoms with Crippen molar-refractivity contribution in [1.82, 2.24) is 10.3 Å². The lowest BCUT2D eigenvalue weighted by Crippen LogP contribution is -2.38. The van der Waals surface area contributed by atoms with Crippen LogP contribution in [-0.2, 0) is 0 Å². The zero-order chi connectivity index (χ0) is 16.9. The summed E-state index contributed by atoms with van der Waals surface area (Å²) < 4.78 is 40.9. The van der Waals surface area contributed by atoms with Gasteiger partial charge in [0, 0.05) is 18.7 Å². The van der Waals surface area contributed by atoms with Crippen LogP contribution in [0.4, 0.5) is 13.2 Å². The second-order valence-electron chi connectivity index (χ2n) is 5.64. The number of aliphatic hydroxyl groups excluding tert-OH is 1. The number of rotatable bonds is 5. The number of amides is 1. The molecule has 0 radical (unpaired) electrons. The average molecular weight is 332 g/mol. The molecule has 2 N–H and O–H groups in total. The van der Waals surface area contributed by atoms with Crippen LogP contribution in [0.2, 0.25) is 0 Å². The van der Waals surface area contributed by atoms with E-state index in [-0.39, 0.29) is 30.1 Å². The van der Waals surface area contributed by atoms with Crippen molar-refractivity contribution in [1.29, 1.82) is 0 Å². The average Bonchev–Trinajstić information content (AvgIpc) is 2.53. The van der Waals surface area contributed by atoms with Gasteiger partial charge in [0.15, 0.2) is 6.61 Å². The lowest BCUT2D eigenvalue weighted by molar-refractivity contribution is -0.154. The fourth-order valence-corrected chi connectivity index (χ4v) is 2.53. The molecule has 5 nitrogen and oxygen atoms in total. The lowest BCUT2D eigenvalue weighted by atomic mass is 9.86. The zero-order valence-electron chi connectivity index (χ0n) is 12.5. The van der Waals surface area contributed by atoms with Gasteiger partial charge in [-0.1, -0.05) is 6.07 Å². The standard InChI is InChI=1S/C15H19F3N2O3/c16-15(17,18)9-23-13-3-1-2-12(20-13)14(22)19-11-6-4-10(8-21)5-7-11/h1-3,10-11,21H,4-9H2,(H,19,22). The SMILES string of the molecule is O=C(NC1CCC(CO)CC1)c1cccc(OCC(F)(F)F)n1. The third-order valence-electron chi connectivity index (χ3n) is 3.78. The van der Waals surface area contributed by atoms with Gasteiger partial charge in [0.25, 0.3) is 5.91 Å². The molecule has 0 spiro atoms. The first-order valence-electron chi connectivity index (χ1n) is 7.45. The monoisotopic (exact) mass is 332 g/mol. The minimum atomic E-state index is -4.45. The molecule has 0 aromatic carbocycles. The maximum Gasteiger partial charge on any atom is 0.422 e. The molecule has 1 aliphatic carbocycles. The van der Waals surface area contributed by atoms with Gasteiger partial charge < -0.3 is 15.2 Å². The van der Waals surface area contributed by atoms with Crippen molar-refractivity contribution in [2.75, 3.05) is 13.2 Å². The van der Waals surface area contributed by atoms with E-state index in [1.54, 1.807) is 0 Å². The molecular formula is C15H19F3N2O3. The molecule has 1 aliphatic rings. The Bertz CT molecular complexity index is 529. The largest absolute Gasteiger partial charge is 0.468 e. The second-order valence-corrected chi connectivity index (χ2v) is 5.64. The van der Waals surface area contributed by atoms with Gasteiger partial charge in [-0.25, -0.2) is 4.98 Å². The molecule has 1 fully saturated rings. The predicted octanol–water partition coefficient (Wildman–Crippen LogP) is 2.30. The number of halogens is 3. The Morgan fingerprint density at radius 3 is 2.61 bits per heavy atom. The smallest absolute Gasteiger partial charge is 0.422 e. The maximum absolute atomic E-state index is 12.1. The van der Waals surface area contributed by atoms with Crippen LogP contribution in [0.1, 0.15) is 36.2 Å². The Labute approximate surface area is 131 Å². The highest BCUT2D eigenvalue weighted by Gasteiger charge is 2.29. The summed E-state index contributed by atoms with van der Waals surface area (Å²) in [4.78, 5) is 15.9. The highest BCUT2D eigenvalue weighted by Crippen LogP contribution is 2.24. The first-order valence-corrected chi connectivity index (χ1v) is 7.45. The second kappa shape index (κ2) is 7.63. The molecular weight excluding hydrogens is 313 g/mol. The summed E-state index contributed by atoms with van der Waals surface area (Å²) in [5.41, 5.74) is 0.0222. The molecule has 0 saturated heterocycles. The van der Waals surface area contributed by atoms with Crippen LogP contribution in [0.3, 0.4) is 0 Å². The van der Waals surface area contributed by atoms with Crippen LogP contribution in [0.5, 0.6) is 5.88 Å². The van der Waals surface area contributed by atoms with Gasteiger partial charge in [-0.05, 0) is 37.7 Å². The van der Waals surface area contributed by atoms with E-state index in [2.05, 4.69) is 15.0 Å². The third-order valence-corrected chi connectivity index (χ3v) is 3.78. The number of nitrogens with one attached hydrogen (secondary N) is 1. The van der Waals surface area contributed by atoms with Crippen molar-refractivity contribution in [3.8, 4) is 5.88 Å². The molecule has 8 heteroatoms. The predicted molar refractivity (Wildman–Crippen MR) is 76.1 cm³/mol. The van der Waals surface area contributed by atoms with Gasteiger partial charge in [0.2, 0.25) is 5.88 Å². The number of carbonyl (C=O) groups excluding carboxylic acids is 1. The topological polar surface area (TPSA) is 71.5 Å². The Morgan fingerprint density at radius 2 is 2.00 bits per heavy atom. The summed E-state index contributed by atoms with van der Waals surface area (Å²) >= 11 is 0. The van der Waals surface area contributed by atoms with Crippen LogP contribution in [0, 0.1) is 5.92 Å². The van der Waals surface area contributed by atoms with E-state index in [4.69, 9.17) is 5.11 Å². The maximum atomic E-state index is 12.1. The Balaban J connectivity index is 1.89. The van der Waals surface area contributed by atoms with Crippen molar-refractivity contribution in [3.05, 3.63) is 23.9 Å². The van der Waals surface area contributed by atoms with Gasteiger partial charge in [-0.15, -0.1) is 0 Å². The number of hydrogen-bond acceptors (Lipinski definition) is 4. The number of carbonyl (C=O) groups is 1. The Hall–Kier alpha value is -1.83. The summed E-state index contributed by atoms with van der Waals surface area (Å²) in [7, 11) is 0. The van der Waals surface area contributed by atoms with Crippen molar-refractivity contribution >= 4 is 5.91 Å². The normalized spacial score (nSPS) is 21.7. The number of aliphatic hydroxyl groups is 1. The Morgan fingerprint density at radius 1 is 1.30 bits per heavy atom. The van der Waals surface area contributed by atoms with Crippen LogP contribution in [0.25, 0.3) is 0 Å². The first kappa shape index (κ1) is 17.5. The third kappa shape index (κ3) is 5.70. The summed E-state index contributed by atoms with van der Waals surface area (Å²) in [6.45, 7) is -1.29. The summed E-state index contributed by atoms with van der Waals surface area (Å²) in [6, 6.07) is 4.12. The zero-order valence-corrected chi connectivity index (χ0v) is 12.5. The minimum absolute atomic E-state index is 0.00755. The molecule has 23 heavy (non-hydrogen) atoms. The van der Waals surface area contributed by atoms with E-state index in [1.807, 2.05) is 0 Å². The number of alkyl halides is 3. The molecule has 0 atom stereocenters. The quantitative estimate of drug-likeness (QED) is 0.868. The van der Waals surface area contributed by atoms with E-state index in [1.165, 1.54) is 18.2 Å². The van der Waals surface area contributed by atoms with Gasteiger partial charge in [0.05, 0.1) is 0 Å². The van der Waals surface area contributed by atoms with Crippen molar-refractivity contribution in [2.45, 2.75) is 37.9 Å². The van der Waals surface area contributed by atoms with Gasteiger partial charge >= 0.3 is 6.18 Å². The summed E-state index contributed by atoms with van der Waals surface area (Å²) in [5, 5.41) is 11.9. The van der Waals surface area contributed by atoms with E-state index in [0.29, 0.717) is 0 Å². The number of hydrogen-bond donors (Lipinski definition) is 2. The fourth-order valence-electron chi connectivity index (χ4n) is 2.53. The van der Waals surface area contributed by atoms with Crippen LogP contribution in [-0.4, -0.2) is 41.4 Å². The van der Waals surface area contributed by atoms with Crippen molar-refractivity contribution in [2.24, 2.45) is 5.92 Å². The van der Waals surface area contributed by atoms with Crippen LogP contribution >= 0.6 is 0 Å². The molecule has 128 valence electrons. The number of aromatic nitrogens is 1. The van der Waals surface area contributed by atoms with Gasteiger partial charge in [0.1, 0.15) is 5.69 Å². The van der Waals surface area contributed by atoms with Gasteiger partial charge in [-0.2, -0.15) is 13.2 Å². The van der Waals surface area contributed by atoms with Crippen LogP contribution < -0.4 is 10.1 Å².